The fourth-order valence-corrected chi connectivity index (χ4v) is 1.40. The van der Waals surface area contributed by atoms with E-state index in [1.165, 1.54) is 0 Å². The molecule has 0 fully saturated rings. The van der Waals surface area contributed by atoms with Crippen molar-refractivity contribution in [1.29, 1.82) is 0 Å². The second kappa shape index (κ2) is 7.01. The first-order valence-corrected chi connectivity index (χ1v) is 5.95. The maximum absolute atomic E-state index is 11.6. The number of nitrogens with two attached hydrogens (primary N) is 1. The summed E-state index contributed by atoms with van der Waals surface area (Å²) >= 11 is 0. The number of nitrogens with zero attached hydrogens (tertiary/aromatic N) is 1. The summed E-state index contributed by atoms with van der Waals surface area (Å²) in [6.07, 6.45) is 3.56. The van der Waals surface area contributed by atoms with Gasteiger partial charge in [-0.05, 0) is 30.4 Å². The molecule has 0 saturated carbocycles. The van der Waals surface area contributed by atoms with Crippen LogP contribution in [0, 0.1) is 5.92 Å². The predicted molar refractivity (Wildman–Crippen MR) is 66.5 cm³/mol. The van der Waals surface area contributed by atoms with Crippen molar-refractivity contribution in [3.63, 3.8) is 0 Å². The number of hydrogen-bond acceptors (Lipinski definition) is 4. The van der Waals surface area contributed by atoms with E-state index in [0.29, 0.717) is 24.8 Å². The van der Waals surface area contributed by atoms with Crippen molar-refractivity contribution in [3.05, 3.63) is 29.6 Å². The van der Waals surface area contributed by atoms with Gasteiger partial charge < -0.3 is 10.5 Å². The van der Waals surface area contributed by atoms with Gasteiger partial charge in [0, 0.05) is 12.7 Å². The van der Waals surface area contributed by atoms with E-state index in [1.54, 1.807) is 18.3 Å². The second-order valence-corrected chi connectivity index (χ2v) is 4.43. The van der Waals surface area contributed by atoms with Gasteiger partial charge in [-0.15, -0.1) is 0 Å². The van der Waals surface area contributed by atoms with E-state index in [0.717, 1.165) is 18.4 Å². The Hall–Kier alpha value is -1.42. The molecule has 94 valence electrons. The molecule has 0 atom stereocenters. The minimum atomic E-state index is -0.364. The van der Waals surface area contributed by atoms with Crippen molar-refractivity contribution in [2.24, 2.45) is 11.7 Å². The lowest BCUT2D eigenvalue weighted by Gasteiger charge is -2.06. The number of carbonyl (C=O) groups excluding carboxylic acids is 1. The third-order valence-corrected chi connectivity index (χ3v) is 2.43. The van der Waals surface area contributed by atoms with Gasteiger partial charge in [0.25, 0.3) is 0 Å². The van der Waals surface area contributed by atoms with Crippen LogP contribution in [0.1, 0.15) is 42.7 Å². The number of aromatic nitrogens is 1. The molecule has 0 bridgehead atoms. The minimum Gasteiger partial charge on any atom is -0.461 e. The molecule has 0 aliphatic heterocycles. The fraction of sp³-hybridized carbons (Fsp3) is 0.538. The predicted octanol–water partition coefficient (Wildman–Crippen LogP) is 2.13. The normalized spacial score (nSPS) is 10.6. The summed E-state index contributed by atoms with van der Waals surface area (Å²) in [5, 5.41) is 0. The Balaban J connectivity index is 2.36. The van der Waals surface area contributed by atoms with Gasteiger partial charge >= 0.3 is 5.97 Å². The van der Waals surface area contributed by atoms with E-state index in [9.17, 15) is 4.79 Å². The van der Waals surface area contributed by atoms with Crippen LogP contribution in [0.15, 0.2) is 18.3 Å². The highest BCUT2D eigenvalue weighted by Gasteiger charge is 2.08. The van der Waals surface area contributed by atoms with Crippen LogP contribution in [0.2, 0.25) is 0 Å². The van der Waals surface area contributed by atoms with Crippen molar-refractivity contribution in [1.82, 2.24) is 4.98 Å². The molecule has 17 heavy (non-hydrogen) atoms. The topological polar surface area (TPSA) is 65.2 Å². The number of pyridine rings is 1. The molecule has 4 heteroatoms. The first-order valence-electron chi connectivity index (χ1n) is 5.95. The summed E-state index contributed by atoms with van der Waals surface area (Å²) in [5.74, 6) is 0.271. The number of carbonyl (C=O) groups is 1. The zero-order chi connectivity index (χ0) is 12.7. The van der Waals surface area contributed by atoms with Crippen LogP contribution in [0.3, 0.4) is 0 Å². The van der Waals surface area contributed by atoms with Crippen LogP contribution in [0.5, 0.6) is 0 Å². The molecule has 0 radical (unpaired) electrons. The molecular formula is C13H20N2O2. The summed E-state index contributed by atoms with van der Waals surface area (Å²) in [5.41, 5.74) is 6.69. The van der Waals surface area contributed by atoms with E-state index in [-0.39, 0.29) is 5.97 Å². The van der Waals surface area contributed by atoms with E-state index in [2.05, 4.69) is 18.8 Å². The second-order valence-electron chi connectivity index (χ2n) is 4.43. The maximum atomic E-state index is 11.6. The molecule has 0 saturated heterocycles. The van der Waals surface area contributed by atoms with E-state index in [4.69, 9.17) is 10.5 Å². The average Bonchev–Trinajstić information content (AvgIpc) is 2.34. The van der Waals surface area contributed by atoms with Crippen molar-refractivity contribution >= 4 is 5.97 Å². The molecule has 0 aliphatic rings. The molecule has 2 N–H and O–H groups in total. The smallest absolute Gasteiger partial charge is 0.356 e. The number of rotatable bonds is 6. The quantitative estimate of drug-likeness (QED) is 0.607. The van der Waals surface area contributed by atoms with Gasteiger partial charge in [0.15, 0.2) is 0 Å². The Kier molecular flexibility index (Phi) is 5.63. The van der Waals surface area contributed by atoms with E-state index < -0.39 is 0 Å². The van der Waals surface area contributed by atoms with Gasteiger partial charge in [-0.2, -0.15) is 0 Å². The van der Waals surface area contributed by atoms with E-state index >= 15 is 0 Å². The molecule has 0 aliphatic carbocycles. The molecule has 1 rings (SSSR count). The lowest BCUT2D eigenvalue weighted by Crippen LogP contribution is -2.09. The van der Waals surface area contributed by atoms with Gasteiger partial charge in [-0.25, -0.2) is 9.78 Å². The summed E-state index contributed by atoms with van der Waals surface area (Å²) < 4.78 is 5.12. The molecule has 0 amide bonds. The van der Waals surface area contributed by atoms with Gasteiger partial charge in [-0.1, -0.05) is 19.9 Å². The van der Waals surface area contributed by atoms with Crippen molar-refractivity contribution < 1.29 is 9.53 Å². The van der Waals surface area contributed by atoms with Crippen molar-refractivity contribution in [2.75, 3.05) is 6.61 Å². The summed E-state index contributed by atoms with van der Waals surface area (Å²) in [4.78, 5) is 15.6. The van der Waals surface area contributed by atoms with Crippen LogP contribution in [-0.2, 0) is 11.3 Å². The summed E-state index contributed by atoms with van der Waals surface area (Å²) in [6, 6.07) is 3.44. The van der Waals surface area contributed by atoms with Crippen LogP contribution < -0.4 is 5.73 Å². The number of esters is 1. The molecule has 4 nitrogen and oxygen atoms in total. The Labute approximate surface area is 102 Å². The Bertz CT molecular complexity index is 347. The maximum Gasteiger partial charge on any atom is 0.356 e. The molecule has 0 unspecified atom stereocenters. The first kappa shape index (κ1) is 13.6. The molecule has 1 heterocycles. The third-order valence-electron chi connectivity index (χ3n) is 2.43. The number of hydrogen-bond donors (Lipinski definition) is 1. The number of ether oxygens (including phenoxy) is 1. The Morgan fingerprint density at radius 1 is 1.47 bits per heavy atom. The lowest BCUT2D eigenvalue weighted by atomic mass is 10.1. The van der Waals surface area contributed by atoms with Crippen molar-refractivity contribution in [2.45, 2.75) is 33.2 Å². The van der Waals surface area contributed by atoms with Crippen LogP contribution in [0.25, 0.3) is 0 Å². The SMILES string of the molecule is CC(C)CCCOC(=O)c1ccc(CN)cn1. The zero-order valence-electron chi connectivity index (χ0n) is 10.5. The Morgan fingerprint density at radius 2 is 2.24 bits per heavy atom. The molecule has 1 aromatic rings. The van der Waals surface area contributed by atoms with Crippen molar-refractivity contribution in [3.8, 4) is 0 Å². The molecule has 1 aromatic heterocycles. The lowest BCUT2D eigenvalue weighted by molar-refractivity contribution is 0.0488. The Morgan fingerprint density at radius 3 is 2.76 bits per heavy atom. The summed E-state index contributed by atoms with van der Waals surface area (Å²) in [7, 11) is 0. The largest absolute Gasteiger partial charge is 0.461 e. The highest BCUT2D eigenvalue weighted by atomic mass is 16.5. The minimum absolute atomic E-state index is 0.340. The highest BCUT2D eigenvalue weighted by molar-refractivity contribution is 5.87. The van der Waals surface area contributed by atoms with E-state index in [1.807, 2.05) is 0 Å². The summed E-state index contributed by atoms with van der Waals surface area (Å²) in [6.45, 7) is 5.18. The highest BCUT2D eigenvalue weighted by Crippen LogP contribution is 2.05. The average molecular weight is 236 g/mol. The zero-order valence-corrected chi connectivity index (χ0v) is 10.5. The molecule has 0 aromatic carbocycles. The molecule has 0 spiro atoms. The monoisotopic (exact) mass is 236 g/mol. The van der Waals surface area contributed by atoms with Gasteiger partial charge in [0.1, 0.15) is 5.69 Å². The van der Waals surface area contributed by atoms with Gasteiger partial charge in [-0.3, -0.25) is 0 Å². The third kappa shape index (κ3) is 4.95. The van der Waals surface area contributed by atoms with Gasteiger partial charge in [0.05, 0.1) is 6.61 Å². The fourth-order valence-electron chi connectivity index (χ4n) is 1.40. The van der Waals surface area contributed by atoms with Crippen LogP contribution in [0.4, 0.5) is 0 Å². The first-order chi connectivity index (χ1) is 8.13. The molecular weight excluding hydrogens is 216 g/mol. The standard InChI is InChI=1S/C13H20N2O2/c1-10(2)4-3-7-17-13(16)12-6-5-11(8-14)9-15-12/h5-6,9-10H,3-4,7-8,14H2,1-2H3. The van der Waals surface area contributed by atoms with Crippen LogP contribution >= 0.6 is 0 Å². The van der Waals surface area contributed by atoms with Gasteiger partial charge in [0.2, 0.25) is 0 Å². The van der Waals surface area contributed by atoms with Crippen LogP contribution in [-0.4, -0.2) is 17.6 Å².